The van der Waals surface area contributed by atoms with E-state index in [0.29, 0.717) is 22.3 Å². The summed E-state index contributed by atoms with van der Waals surface area (Å²) in [5, 5.41) is 13.5. The number of carbonyl (C=O) groups is 1. The van der Waals surface area contributed by atoms with Crippen molar-refractivity contribution < 1.29 is 18.8 Å². The summed E-state index contributed by atoms with van der Waals surface area (Å²) in [6, 6.07) is 3.47. The SMILES string of the molecule is Cc1cc(-c2nc(-c3c(C)cc(C)c(C(=O)O)c3C)no2)c(F)c(C)c1C. The average Bonchev–Trinajstić information content (AvgIpc) is 3.04. The summed E-state index contributed by atoms with van der Waals surface area (Å²) in [4.78, 5) is 16.0. The number of hydrogen-bond donors (Lipinski definition) is 1. The lowest BCUT2D eigenvalue weighted by atomic mass is 9.93. The van der Waals surface area contributed by atoms with E-state index in [-0.39, 0.29) is 22.8 Å². The molecule has 1 aromatic heterocycles. The highest BCUT2D eigenvalue weighted by molar-refractivity contribution is 5.94. The minimum absolute atomic E-state index is 0.0740. The average molecular weight is 368 g/mol. The summed E-state index contributed by atoms with van der Waals surface area (Å²) in [6.45, 7) is 10.8. The Labute approximate surface area is 156 Å². The molecule has 5 nitrogen and oxygen atoms in total. The van der Waals surface area contributed by atoms with Gasteiger partial charge in [0.2, 0.25) is 5.82 Å². The van der Waals surface area contributed by atoms with Gasteiger partial charge >= 0.3 is 5.97 Å². The topological polar surface area (TPSA) is 76.2 Å². The number of carboxylic acids is 1. The molecule has 0 aliphatic heterocycles. The van der Waals surface area contributed by atoms with E-state index >= 15 is 0 Å². The number of hydrogen-bond acceptors (Lipinski definition) is 4. The van der Waals surface area contributed by atoms with Crippen molar-refractivity contribution in [1.82, 2.24) is 10.1 Å². The van der Waals surface area contributed by atoms with E-state index in [1.165, 1.54) is 0 Å². The number of aromatic carboxylic acids is 1. The number of rotatable bonds is 3. The molecule has 0 fully saturated rings. The van der Waals surface area contributed by atoms with Gasteiger partial charge in [-0.3, -0.25) is 0 Å². The Hall–Kier alpha value is -3.02. The second kappa shape index (κ2) is 6.61. The third kappa shape index (κ3) is 3.01. The molecule has 0 atom stereocenters. The van der Waals surface area contributed by atoms with Crippen LogP contribution in [-0.4, -0.2) is 21.2 Å². The minimum atomic E-state index is -1.01. The maximum absolute atomic E-state index is 14.7. The van der Waals surface area contributed by atoms with E-state index in [1.807, 2.05) is 20.8 Å². The molecule has 140 valence electrons. The summed E-state index contributed by atoms with van der Waals surface area (Å²) < 4.78 is 20.0. The van der Waals surface area contributed by atoms with Crippen molar-refractivity contribution >= 4 is 5.97 Å². The fraction of sp³-hybridized carbons (Fsp3) is 0.286. The number of halogens is 1. The predicted molar refractivity (Wildman–Crippen MR) is 101 cm³/mol. The van der Waals surface area contributed by atoms with Gasteiger partial charge in [-0.15, -0.1) is 0 Å². The second-order valence-corrected chi connectivity index (χ2v) is 6.92. The van der Waals surface area contributed by atoms with E-state index < -0.39 is 11.8 Å². The summed E-state index contributed by atoms with van der Waals surface area (Å²) >= 11 is 0. The lowest BCUT2D eigenvalue weighted by Crippen LogP contribution is -2.06. The van der Waals surface area contributed by atoms with Gasteiger partial charge in [-0.05, 0) is 81.0 Å². The molecule has 0 amide bonds. The molecular weight excluding hydrogens is 347 g/mol. The van der Waals surface area contributed by atoms with Crippen LogP contribution in [0.3, 0.4) is 0 Å². The fourth-order valence-corrected chi connectivity index (χ4v) is 3.50. The smallest absolute Gasteiger partial charge is 0.336 e. The molecule has 3 aromatic rings. The van der Waals surface area contributed by atoms with Crippen molar-refractivity contribution in [3.63, 3.8) is 0 Å². The summed E-state index contributed by atoms with van der Waals surface area (Å²) in [5.41, 5.74) is 5.47. The fourth-order valence-electron chi connectivity index (χ4n) is 3.50. The van der Waals surface area contributed by atoms with Crippen LogP contribution < -0.4 is 0 Å². The van der Waals surface area contributed by atoms with Gasteiger partial charge in [0.25, 0.3) is 5.89 Å². The van der Waals surface area contributed by atoms with Crippen LogP contribution >= 0.6 is 0 Å². The van der Waals surface area contributed by atoms with E-state index in [4.69, 9.17) is 4.52 Å². The van der Waals surface area contributed by atoms with Crippen molar-refractivity contribution in [2.75, 3.05) is 0 Å². The number of carboxylic acid groups (broad SMARTS) is 1. The number of benzene rings is 2. The van der Waals surface area contributed by atoms with Crippen LogP contribution in [0.5, 0.6) is 0 Å². The zero-order chi connectivity index (χ0) is 20.0. The lowest BCUT2D eigenvalue weighted by molar-refractivity contribution is 0.0695. The van der Waals surface area contributed by atoms with Crippen LogP contribution in [0.15, 0.2) is 16.7 Å². The highest BCUT2D eigenvalue weighted by atomic mass is 19.1. The molecule has 0 saturated carbocycles. The third-order valence-electron chi connectivity index (χ3n) is 5.15. The number of nitrogens with zero attached hydrogens (tertiary/aromatic N) is 2. The Morgan fingerprint density at radius 3 is 2.26 bits per heavy atom. The Kier molecular flexibility index (Phi) is 4.59. The first-order valence-corrected chi connectivity index (χ1v) is 8.58. The zero-order valence-corrected chi connectivity index (χ0v) is 16.2. The van der Waals surface area contributed by atoms with Gasteiger partial charge in [-0.1, -0.05) is 11.2 Å². The van der Waals surface area contributed by atoms with Gasteiger partial charge in [-0.2, -0.15) is 4.98 Å². The van der Waals surface area contributed by atoms with Crippen LogP contribution in [0, 0.1) is 47.4 Å². The molecule has 0 aliphatic rings. The largest absolute Gasteiger partial charge is 0.478 e. The van der Waals surface area contributed by atoms with E-state index in [2.05, 4.69) is 10.1 Å². The molecule has 0 radical (unpaired) electrons. The maximum Gasteiger partial charge on any atom is 0.336 e. The Morgan fingerprint density at radius 1 is 0.963 bits per heavy atom. The first-order valence-electron chi connectivity index (χ1n) is 8.58. The van der Waals surface area contributed by atoms with Crippen LogP contribution in [0.25, 0.3) is 22.8 Å². The Bertz CT molecular complexity index is 1080. The molecule has 0 aliphatic carbocycles. The van der Waals surface area contributed by atoms with Crippen molar-refractivity contribution in [3.05, 3.63) is 56.9 Å². The molecule has 0 spiro atoms. The maximum atomic E-state index is 14.7. The molecule has 0 unspecified atom stereocenters. The molecule has 2 aromatic carbocycles. The standard InChI is InChI=1S/C21H21FN2O3/c1-9-8-15(18(22)13(5)12(9)4)20-23-19(24-27-20)16-10(2)7-11(3)17(14(16)6)21(25)26/h7-8H,1-6H3,(H,25,26). The van der Waals surface area contributed by atoms with E-state index in [0.717, 1.165) is 16.7 Å². The lowest BCUT2D eigenvalue weighted by Gasteiger charge is -2.12. The molecule has 3 rings (SSSR count). The van der Waals surface area contributed by atoms with E-state index in [1.54, 1.807) is 32.9 Å². The van der Waals surface area contributed by atoms with Crippen molar-refractivity contribution in [2.24, 2.45) is 0 Å². The Morgan fingerprint density at radius 2 is 1.63 bits per heavy atom. The van der Waals surface area contributed by atoms with Gasteiger partial charge in [-0.25, -0.2) is 9.18 Å². The van der Waals surface area contributed by atoms with Crippen LogP contribution in [0.4, 0.5) is 4.39 Å². The first kappa shape index (κ1) is 18.8. The molecule has 6 heteroatoms. The van der Waals surface area contributed by atoms with Crippen molar-refractivity contribution in [2.45, 2.75) is 41.5 Å². The molecule has 0 bridgehead atoms. The normalized spacial score (nSPS) is 11.1. The van der Waals surface area contributed by atoms with Crippen LogP contribution in [-0.2, 0) is 0 Å². The van der Waals surface area contributed by atoms with Gasteiger partial charge in [0.1, 0.15) is 5.82 Å². The number of aryl methyl sites for hydroxylation is 3. The van der Waals surface area contributed by atoms with Crippen molar-refractivity contribution in [3.8, 4) is 22.8 Å². The van der Waals surface area contributed by atoms with Gasteiger partial charge in [0, 0.05) is 5.56 Å². The third-order valence-corrected chi connectivity index (χ3v) is 5.15. The Balaban J connectivity index is 2.19. The molecule has 1 heterocycles. The quantitative estimate of drug-likeness (QED) is 0.697. The van der Waals surface area contributed by atoms with Crippen LogP contribution in [0.1, 0.15) is 43.7 Å². The summed E-state index contributed by atoms with van der Waals surface area (Å²) in [5.74, 6) is -1.08. The van der Waals surface area contributed by atoms with Crippen molar-refractivity contribution in [1.29, 1.82) is 0 Å². The zero-order valence-electron chi connectivity index (χ0n) is 16.2. The summed E-state index contributed by atoms with van der Waals surface area (Å²) in [6.07, 6.45) is 0. The summed E-state index contributed by atoms with van der Waals surface area (Å²) in [7, 11) is 0. The highest BCUT2D eigenvalue weighted by Gasteiger charge is 2.23. The monoisotopic (exact) mass is 368 g/mol. The predicted octanol–water partition coefficient (Wildman–Crippen LogP) is 5.09. The molecule has 1 N–H and O–H groups in total. The highest BCUT2D eigenvalue weighted by Crippen LogP contribution is 2.33. The first-order chi connectivity index (χ1) is 12.6. The molecule has 0 saturated heterocycles. The molecule has 27 heavy (non-hydrogen) atoms. The molecular formula is C21H21FN2O3. The van der Waals surface area contributed by atoms with E-state index in [9.17, 15) is 14.3 Å². The van der Waals surface area contributed by atoms with Gasteiger partial charge in [0.15, 0.2) is 0 Å². The second-order valence-electron chi connectivity index (χ2n) is 6.92. The van der Waals surface area contributed by atoms with Gasteiger partial charge in [0.05, 0.1) is 11.1 Å². The van der Waals surface area contributed by atoms with Gasteiger partial charge < -0.3 is 9.63 Å². The number of aromatic nitrogens is 2. The minimum Gasteiger partial charge on any atom is -0.478 e. The van der Waals surface area contributed by atoms with Crippen LogP contribution in [0.2, 0.25) is 0 Å².